The minimum atomic E-state index is -0.968. The minimum Gasteiger partial charge on any atom is -0.503 e. The van der Waals surface area contributed by atoms with Crippen LogP contribution in [0.5, 0.6) is 5.75 Å². The molecule has 0 atom stereocenters. The van der Waals surface area contributed by atoms with E-state index in [0.29, 0.717) is 38.3 Å². The lowest BCUT2D eigenvalue weighted by Crippen LogP contribution is -2.47. The Balaban J connectivity index is 1.73. The lowest BCUT2D eigenvalue weighted by molar-refractivity contribution is 0.102. The van der Waals surface area contributed by atoms with Crippen molar-refractivity contribution in [2.45, 2.75) is 13.1 Å². The molecule has 2 heterocycles. The maximum Gasteiger partial charge on any atom is 0.407 e. The monoisotopic (exact) mass is 379 g/mol. The van der Waals surface area contributed by atoms with Crippen molar-refractivity contribution < 1.29 is 23.8 Å². The van der Waals surface area contributed by atoms with Gasteiger partial charge in [0.15, 0.2) is 5.75 Å². The van der Waals surface area contributed by atoms with Crippen molar-refractivity contribution in [1.29, 1.82) is 0 Å². The highest BCUT2D eigenvalue weighted by Gasteiger charge is 2.21. The number of rotatable bonds is 4. The smallest absolute Gasteiger partial charge is 0.407 e. The van der Waals surface area contributed by atoms with E-state index in [0.717, 1.165) is 22.8 Å². The Labute approximate surface area is 153 Å². The van der Waals surface area contributed by atoms with Gasteiger partial charge in [0.2, 0.25) is 0 Å². The number of carboxylic acid groups (broad SMARTS) is 1. The van der Waals surface area contributed by atoms with Crippen molar-refractivity contribution in [2.75, 3.05) is 26.2 Å². The Morgan fingerprint density at radius 3 is 2.41 bits per heavy atom. The summed E-state index contributed by atoms with van der Waals surface area (Å²) in [7, 11) is 0. The SMILES string of the molecule is O=C(O)N1CCN(Cc2ccn(Cc3cc(F)ccc3F)c(=O)c2O)CC1. The Kier molecular flexibility index (Phi) is 5.41. The van der Waals surface area contributed by atoms with Crippen LogP contribution in [-0.2, 0) is 13.1 Å². The fourth-order valence-electron chi connectivity index (χ4n) is 3.04. The molecule has 27 heavy (non-hydrogen) atoms. The molecule has 9 heteroatoms. The van der Waals surface area contributed by atoms with E-state index in [1.54, 1.807) is 6.07 Å². The molecule has 1 aliphatic rings. The second-order valence-electron chi connectivity index (χ2n) is 6.40. The van der Waals surface area contributed by atoms with Crippen LogP contribution in [0.2, 0.25) is 0 Å². The molecule has 1 saturated heterocycles. The minimum absolute atomic E-state index is 0.00837. The van der Waals surface area contributed by atoms with Crippen molar-refractivity contribution in [3.63, 3.8) is 0 Å². The maximum atomic E-state index is 13.8. The molecule has 0 saturated carbocycles. The number of benzene rings is 1. The van der Waals surface area contributed by atoms with Crippen LogP contribution in [-0.4, -0.2) is 56.9 Å². The molecule has 0 aliphatic carbocycles. The van der Waals surface area contributed by atoms with E-state index in [2.05, 4.69) is 0 Å². The zero-order valence-electron chi connectivity index (χ0n) is 14.4. The van der Waals surface area contributed by atoms with Gasteiger partial charge in [-0.3, -0.25) is 9.69 Å². The molecule has 0 radical (unpaired) electrons. The Bertz CT molecular complexity index is 908. The van der Waals surface area contributed by atoms with E-state index in [4.69, 9.17) is 5.11 Å². The molecule has 2 aromatic rings. The summed E-state index contributed by atoms with van der Waals surface area (Å²) >= 11 is 0. The summed E-state index contributed by atoms with van der Waals surface area (Å²) in [5.41, 5.74) is -0.283. The van der Waals surface area contributed by atoms with Gasteiger partial charge in [-0.1, -0.05) is 0 Å². The molecule has 0 bridgehead atoms. The van der Waals surface area contributed by atoms with Crippen LogP contribution >= 0.6 is 0 Å². The Morgan fingerprint density at radius 2 is 1.74 bits per heavy atom. The van der Waals surface area contributed by atoms with Crippen LogP contribution in [0.4, 0.5) is 13.6 Å². The number of hydrogen-bond acceptors (Lipinski definition) is 4. The third-order valence-electron chi connectivity index (χ3n) is 4.61. The molecule has 3 rings (SSSR count). The van der Waals surface area contributed by atoms with Gasteiger partial charge < -0.3 is 19.7 Å². The normalized spacial score (nSPS) is 15.1. The van der Waals surface area contributed by atoms with Gasteiger partial charge in [0.05, 0.1) is 6.54 Å². The molecular weight excluding hydrogens is 360 g/mol. The molecule has 7 nitrogen and oxygen atoms in total. The Hall–Kier alpha value is -2.94. The first-order valence-corrected chi connectivity index (χ1v) is 8.40. The highest BCUT2D eigenvalue weighted by molar-refractivity contribution is 5.65. The number of carbonyl (C=O) groups is 1. The quantitative estimate of drug-likeness (QED) is 0.844. The standard InChI is InChI=1S/C18H19F2N3O4/c19-14-1-2-15(20)13(9-14)11-23-4-3-12(16(24)17(23)25)10-21-5-7-22(8-6-21)18(26)27/h1-4,9,24H,5-8,10-11H2,(H,26,27). The fraction of sp³-hybridized carbons (Fsp3) is 0.333. The maximum absolute atomic E-state index is 13.8. The molecule has 1 aromatic carbocycles. The predicted octanol–water partition coefficient (Wildman–Crippen LogP) is 1.68. The first-order chi connectivity index (χ1) is 12.8. The van der Waals surface area contributed by atoms with Crippen molar-refractivity contribution >= 4 is 6.09 Å². The van der Waals surface area contributed by atoms with E-state index in [1.807, 2.05) is 4.90 Å². The fourth-order valence-corrected chi connectivity index (χ4v) is 3.04. The van der Waals surface area contributed by atoms with Gasteiger partial charge in [-0.05, 0) is 24.3 Å². The van der Waals surface area contributed by atoms with Crippen LogP contribution in [0.15, 0.2) is 35.3 Å². The number of aromatic hydroxyl groups is 1. The molecule has 1 fully saturated rings. The summed E-state index contributed by atoms with van der Waals surface area (Å²) in [6.45, 7) is 1.78. The summed E-state index contributed by atoms with van der Waals surface area (Å²) in [6.07, 6.45) is 0.458. The summed E-state index contributed by atoms with van der Waals surface area (Å²) in [5, 5.41) is 19.2. The first kappa shape index (κ1) is 18.8. The molecule has 0 spiro atoms. The van der Waals surface area contributed by atoms with Crippen LogP contribution in [0.3, 0.4) is 0 Å². The third kappa shape index (κ3) is 4.25. The lowest BCUT2D eigenvalue weighted by Gasteiger charge is -2.33. The summed E-state index contributed by atoms with van der Waals surface area (Å²) in [5.74, 6) is -1.70. The van der Waals surface area contributed by atoms with Gasteiger partial charge in [0.25, 0.3) is 5.56 Å². The second-order valence-corrected chi connectivity index (χ2v) is 6.40. The van der Waals surface area contributed by atoms with Gasteiger partial charge in [-0.2, -0.15) is 0 Å². The average Bonchev–Trinajstić information content (AvgIpc) is 2.64. The first-order valence-electron chi connectivity index (χ1n) is 8.40. The van der Waals surface area contributed by atoms with Crippen LogP contribution < -0.4 is 5.56 Å². The van der Waals surface area contributed by atoms with Crippen LogP contribution in [0.25, 0.3) is 0 Å². The summed E-state index contributed by atoms with van der Waals surface area (Å²) in [4.78, 5) is 26.5. The lowest BCUT2D eigenvalue weighted by atomic mass is 10.1. The van der Waals surface area contributed by atoms with E-state index in [9.17, 15) is 23.5 Å². The largest absolute Gasteiger partial charge is 0.503 e. The van der Waals surface area contributed by atoms with E-state index in [-0.39, 0.29) is 12.1 Å². The topological polar surface area (TPSA) is 86.0 Å². The number of piperazine rings is 1. The van der Waals surface area contributed by atoms with Crippen molar-refractivity contribution in [3.8, 4) is 5.75 Å². The van der Waals surface area contributed by atoms with Crippen molar-refractivity contribution in [3.05, 3.63) is 63.6 Å². The number of aromatic nitrogens is 1. The Morgan fingerprint density at radius 1 is 1.04 bits per heavy atom. The molecule has 144 valence electrons. The number of amides is 1. The van der Waals surface area contributed by atoms with Crippen molar-refractivity contribution in [1.82, 2.24) is 14.4 Å². The van der Waals surface area contributed by atoms with Gasteiger partial charge in [0.1, 0.15) is 11.6 Å². The highest BCUT2D eigenvalue weighted by atomic mass is 19.1. The van der Waals surface area contributed by atoms with E-state index >= 15 is 0 Å². The average molecular weight is 379 g/mol. The number of nitrogens with zero attached hydrogens (tertiary/aromatic N) is 3. The van der Waals surface area contributed by atoms with E-state index in [1.165, 1.54) is 11.1 Å². The predicted molar refractivity (Wildman–Crippen MR) is 92.7 cm³/mol. The number of pyridine rings is 1. The van der Waals surface area contributed by atoms with Gasteiger partial charge in [-0.15, -0.1) is 0 Å². The van der Waals surface area contributed by atoms with Gasteiger partial charge >= 0.3 is 6.09 Å². The third-order valence-corrected chi connectivity index (χ3v) is 4.61. The zero-order valence-corrected chi connectivity index (χ0v) is 14.4. The molecule has 1 aliphatic heterocycles. The summed E-state index contributed by atoms with van der Waals surface area (Å²) in [6, 6.07) is 4.54. The molecule has 2 N–H and O–H groups in total. The molecule has 0 unspecified atom stereocenters. The summed E-state index contributed by atoms with van der Waals surface area (Å²) < 4.78 is 28.2. The van der Waals surface area contributed by atoms with Gasteiger partial charge in [0, 0.05) is 50.0 Å². The number of hydrogen-bond donors (Lipinski definition) is 2. The van der Waals surface area contributed by atoms with Crippen molar-refractivity contribution in [2.24, 2.45) is 0 Å². The molecular formula is C18H19F2N3O4. The second kappa shape index (κ2) is 7.75. The molecule has 1 amide bonds. The van der Waals surface area contributed by atoms with E-state index < -0.39 is 29.0 Å². The highest BCUT2D eigenvalue weighted by Crippen LogP contribution is 2.17. The van der Waals surface area contributed by atoms with Crippen LogP contribution in [0.1, 0.15) is 11.1 Å². The van der Waals surface area contributed by atoms with Crippen LogP contribution in [0, 0.1) is 11.6 Å². The number of halogens is 2. The zero-order chi connectivity index (χ0) is 19.6. The molecule has 1 aromatic heterocycles. The van der Waals surface area contributed by atoms with Gasteiger partial charge in [-0.25, -0.2) is 13.6 Å².